The van der Waals surface area contributed by atoms with Crippen LogP contribution in [-0.2, 0) is 4.74 Å². The molecule has 2 N–H and O–H groups in total. The highest BCUT2D eigenvalue weighted by atomic mass is 35.5. The van der Waals surface area contributed by atoms with Crippen LogP contribution in [0.2, 0.25) is 10.0 Å². The Morgan fingerprint density at radius 2 is 1.95 bits per heavy atom. The van der Waals surface area contributed by atoms with Gasteiger partial charge in [-0.2, -0.15) is 0 Å². The van der Waals surface area contributed by atoms with Gasteiger partial charge in [-0.15, -0.1) is 0 Å². The maximum atomic E-state index is 11.8. The number of aromatic hydroxyl groups is 1. The first-order valence-corrected chi connectivity index (χ1v) is 6.75. The highest BCUT2D eigenvalue weighted by Crippen LogP contribution is 2.32. The fourth-order valence-electron chi connectivity index (χ4n) is 1.39. The Morgan fingerprint density at radius 1 is 1.37 bits per heavy atom. The second-order valence-electron chi connectivity index (χ2n) is 4.32. The van der Waals surface area contributed by atoms with Gasteiger partial charge in [0.05, 0.1) is 16.1 Å². The number of hydrogen-bond acceptors (Lipinski definition) is 3. The van der Waals surface area contributed by atoms with Crippen molar-refractivity contribution in [2.45, 2.75) is 26.4 Å². The number of amides is 1. The Morgan fingerprint density at radius 3 is 2.47 bits per heavy atom. The first-order valence-electron chi connectivity index (χ1n) is 5.99. The summed E-state index contributed by atoms with van der Waals surface area (Å²) in [6.45, 7) is 5.01. The number of phenolic OH excluding ortho intramolecular Hbond substituents is 1. The van der Waals surface area contributed by atoms with E-state index in [0.29, 0.717) is 18.7 Å². The lowest BCUT2D eigenvalue weighted by atomic mass is 10.2. The predicted molar refractivity (Wildman–Crippen MR) is 76.2 cm³/mol. The van der Waals surface area contributed by atoms with Crippen LogP contribution < -0.4 is 5.32 Å². The van der Waals surface area contributed by atoms with Gasteiger partial charge in [-0.25, -0.2) is 0 Å². The van der Waals surface area contributed by atoms with E-state index in [1.807, 2.05) is 13.8 Å². The van der Waals surface area contributed by atoms with Crippen LogP contribution in [0.25, 0.3) is 0 Å². The van der Waals surface area contributed by atoms with Crippen LogP contribution in [-0.4, -0.2) is 30.3 Å². The Balaban J connectivity index is 2.46. The summed E-state index contributed by atoms with van der Waals surface area (Å²) >= 11 is 11.5. The Labute approximate surface area is 122 Å². The number of benzene rings is 1. The number of carbonyl (C=O) groups excluding carboxylic acids is 1. The van der Waals surface area contributed by atoms with Crippen molar-refractivity contribution in [3.05, 3.63) is 27.7 Å². The molecule has 0 radical (unpaired) electrons. The SMILES string of the molecule is CC(C)OCCCNC(=O)c1cc(Cl)c(O)c(Cl)c1. The summed E-state index contributed by atoms with van der Waals surface area (Å²) in [6.07, 6.45) is 0.911. The maximum absolute atomic E-state index is 11.8. The molecule has 1 amide bonds. The molecule has 0 fully saturated rings. The molecule has 1 rings (SSSR count). The fraction of sp³-hybridized carbons (Fsp3) is 0.462. The highest BCUT2D eigenvalue weighted by molar-refractivity contribution is 6.37. The monoisotopic (exact) mass is 305 g/mol. The van der Waals surface area contributed by atoms with Crippen LogP contribution in [0.5, 0.6) is 5.75 Å². The lowest BCUT2D eigenvalue weighted by molar-refractivity contribution is 0.0757. The molecule has 0 saturated heterocycles. The van der Waals surface area contributed by atoms with Gasteiger partial charge in [-0.1, -0.05) is 23.2 Å². The molecule has 1 aromatic carbocycles. The zero-order chi connectivity index (χ0) is 14.4. The molecule has 6 heteroatoms. The van der Waals surface area contributed by atoms with Gasteiger partial charge in [0.15, 0.2) is 5.75 Å². The molecule has 0 aliphatic carbocycles. The molecule has 1 aromatic rings. The second-order valence-corrected chi connectivity index (χ2v) is 5.13. The highest BCUT2D eigenvalue weighted by Gasteiger charge is 2.11. The van der Waals surface area contributed by atoms with Gasteiger partial charge in [0.25, 0.3) is 5.91 Å². The van der Waals surface area contributed by atoms with Crippen molar-refractivity contribution in [3.8, 4) is 5.75 Å². The van der Waals surface area contributed by atoms with Crippen LogP contribution in [0.1, 0.15) is 30.6 Å². The molecule has 0 bridgehead atoms. The molecule has 0 aliphatic rings. The molecule has 0 aliphatic heterocycles. The summed E-state index contributed by atoms with van der Waals surface area (Å²) in [5.74, 6) is -0.501. The lowest BCUT2D eigenvalue weighted by Crippen LogP contribution is -2.25. The molecule has 0 aromatic heterocycles. The van der Waals surface area contributed by atoms with Gasteiger partial charge in [-0.05, 0) is 32.4 Å². The van der Waals surface area contributed by atoms with Crippen molar-refractivity contribution >= 4 is 29.1 Å². The third-order valence-corrected chi connectivity index (χ3v) is 2.91. The van der Waals surface area contributed by atoms with Crippen LogP contribution in [0.15, 0.2) is 12.1 Å². The van der Waals surface area contributed by atoms with Gasteiger partial charge in [0, 0.05) is 18.7 Å². The number of carbonyl (C=O) groups is 1. The summed E-state index contributed by atoms with van der Waals surface area (Å²) in [5.41, 5.74) is 0.317. The summed E-state index contributed by atoms with van der Waals surface area (Å²) in [6, 6.07) is 2.76. The number of phenols is 1. The molecular weight excluding hydrogens is 289 g/mol. The van der Waals surface area contributed by atoms with Crippen LogP contribution in [0.3, 0.4) is 0 Å². The van der Waals surface area contributed by atoms with E-state index in [2.05, 4.69) is 5.32 Å². The van der Waals surface area contributed by atoms with Crippen molar-refractivity contribution in [1.29, 1.82) is 0 Å². The van der Waals surface area contributed by atoms with E-state index < -0.39 is 0 Å². The molecule has 0 spiro atoms. The van der Waals surface area contributed by atoms with Gasteiger partial charge in [-0.3, -0.25) is 4.79 Å². The molecule has 106 valence electrons. The number of nitrogens with one attached hydrogen (secondary N) is 1. The van der Waals surface area contributed by atoms with Gasteiger partial charge < -0.3 is 15.2 Å². The lowest BCUT2D eigenvalue weighted by Gasteiger charge is -2.09. The Bertz CT molecular complexity index is 427. The molecule has 0 unspecified atom stereocenters. The minimum Gasteiger partial charge on any atom is -0.505 e. The average molecular weight is 306 g/mol. The molecule has 19 heavy (non-hydrogen) atoms. The molecule has 0 heterocycles. The van der Waals surface area contributed by atoms with Crippen molar-refractivity contribution in [1.82, 2.24) is 5.32 Å². The molecule has 0 saturated carbocycles. The molecule has 0 atom stereocenters. The van der Waals surface area contributed by atoms with E-state index >= 15 is 0 Å². The van der Waals surface area contributed by atoms with Gasteiger partial charge in [0.2, 0.25) is 0 Å². The summed E-state index contributed by atoms with van der Waals surface area (Å²) in [4.78, 5) is 11.8. The van der Waals surface area contributed by atoms with E-state index in [1.165, 1.54) is 12.1 Å². The van der Waals surface area contributed by atoms with E-state index in [1.54, 1.807) is 0 Å². The zero-order valence-electron chi connectivity index (χ0n) is 10.9. The smallest absolute Gasteiger partial charge is 0.251 e. The van der Waals surface area contributed by atoms with Crippen LogP contribution in [0, 0.1) is 0 Å². The first-order chi connectivity index (χ1) is 8.91. The van der Waals surface area contributed by atoms with Gasteiger partial charge in [0.1, 0.15) is 0 Å². The van der Waals surface area contributed by atoms with E-state index in [4.69, 9.17) is 27.9 Å². The summed E-state index contributed by atoms with van der Waals surface area (Å²) < 4.78 is 5.36. The number of halogens is 2. The number of rotatable bonds is 6. The van der Waals surface area contributed by atoms with Crippen LogP contribution in [0.4, 0.5) is 0 Å². The Kier molecular flexibility index (Phi) is 6.42. The quantitative estimate of drug-likeness (QED) is 0.793. The number of hydrogen-bond donors (Lipinski definition) is 2. The summed E-state index contributed by atoms with van der Waals surface area (Å²) in [7, 11) is 0. The number of ether oxygens (including phenoxy) is 1. The minimum absolute atomic E-state index is 0.0563. The maximum Gasteiger partial charge on any atom is 0.251 e. The van der Waals surface area contributed by atoms with Crippen molar-refractivity contribution < 1.29 is 14.6 Å². The second kappa shape index (κ2) is 7.58. The van der Waals surface area contributed by atoms with Gasteiger partial charge >= 0.3 is 0 Å². The topological polar surface area (TPSA) is 58.6 Å². The minimum atomic E-state index is -0.284. The van der Waals surface area contributed by atoms with Crippen molar-refractivity contribution in [2.75, 3.05) is 13.2 Å². The molecule has 4 nitrogen and oxygen atoms in total. The normalized spacial score (nSPS) is 10.8. The van der Waals surface area contributed by atoms with E-state index in [9.17, 15) is 9.90 Å². The summed E-state index contributed by atoms with van der Waals surface area (Å²) in [5, 5.41) is 12.2. The van der Waals surface area contributed by atoms with E-state index in [0.717, 1.165) is 6.42 Å². The van der Waals surface area contributed by atoms with Crippen molar-refractivity contribution in [2.24, 2.45) is 0 Å². The molecular formula is C13H17Cl2NO3. The Hall–Kier alpha value is -0.970. The van der Waals surface area contributed by atoms with E-state index in [-0.39, 0.29) is 27.8 Å². The third-order valence-electron chi connectivity index (χ3n) is 2.34. The average Bonchev–Trinajstić information content (AvgIpc) is 2.34. The van der Waals surface area contributed by atoms with Crippen LogP contribution >= 0.6 is 23.2 Å². The fourth-order valence-corrected chi connectivity index (χ4v) is 1.88. The largest absolute Gasteiger partial charge is 0.505 e. The predicted octanol–water partition coefficient (Wildman–Crippen LogP) is 3.24. The zero-order valence-corrected chi connectivity index (χ0v) is 12.4. The standard InChI is InChI=1S/C13H17Cl2NO3/c1-8(2)19-5-3-4-16-13(18)9-6-10(14)12(17)11(15)7-9/h6-8,17H,3-5H2,1-2H3,(H,16,18). The first kappa shape index (κ1) is 16.1. The third kappa shape index (κ3) is 5.27. The van der Waals surface area contributed by atoms with Crippen molar-refractivity contribution in [3.63, 3.8) is 0 Å².